The summed E-state index contributed by atoms with van der Waals surface area (Å²) >= 11 is 0. The summed E-state index contributed by atoms with van der Waals surface area (Å²) in [6, 6.07) is 0. The molecule has 3 atom stereocenters. The molecule has 0 heterocycles. The molecule has 0 aliphatic heterocycles. The van der Waals surface area contributed by atoms with Crippen LogP contribution < -0.4 is 0 Å². The van der Waals surface area contributed by atoms with Gasteiger partial charge in [-0.25, -0.2) is 4.79 Å². The van der Waals surface area contributed by atoms with E-state index in [0.717, 1.165) is 24.8 Å². The highest BCUT2D eigenvalue weighted by Crippen LogP contribution is 2.31. The first-order valence-electron chi connectivity index (χ1n) is 5.56. The number of carbonyl (C=O) groups excluding carboxylic acids is 1. The summed E-state index contributed by atoms with van der Waals surface area (Å²) in [6.07, 6.45) is 3.06. The quantitative estimate of drug-likeness (QED) is 0.575. The van der Waals surface area contributed by atoms with Crippen molar-refractivity contribution in [1.29, 1.82) is 0 Å². The fraction of sp³-hybridized carbons (Fsp3) is 0.750. The topological polar surface area (TPSA) is 46.5 Å². The number of carbonyl (C=O) groups is 1. The number of aliphatic hydroxyl groups is 1. The van der Waals surface area contributed by atoms with Crippen LogP contribution >= 0.6 is 0 Å². The van der Waals surface area contributed by atoms with Gasteiger partial charge >= 0.3 is 5.97 Å². The maximum absolute atomic E-state index is 11.3. The van der Waals surface area contributed by atoms with E-state index in [4.69, 9.17) is 9.84 Å². The van der Waals surface area contributed by atoms with Crippen molar-refractivity contribution in [3.05, 3.63) is 12.2 Å². The normalized spacial score (nSPS) is 28.2. The Kier molecular flexibility index (Phi) is 4.33. The zero-order valence-electron chi connectivity index (χ0n) is 9.53. The van der Waals surface area contributed by atoms with Gasteiger partial charge in [0.2, 0.25) is 0 Å². The van der Waals surface area contributed by atoms with Crippen LogP contribution in [0.1, 0.15) is 39.5 Å². The monoisotopic (exact) mass is 212 g/mol. The van der Waals surface area contributed by atoms with E-state index in [0.29, 0.717) is 0 Å². The summed E-state index contributed by atoms with van der Waals surface area (Å²) < 4.78 is 5.28. The van der Waals surface area contributed by atoms with Gasteiger partial charge in [0.25, 0.3) is 0 Å². The molecule has 0 aromatic heterocycles. The summed E-state index contributed by atoms with van der Waals surface area (Å²) in [5.74, 6) is -0.255. The van der Waals surface area contributed by atoms with Crippen molar-refractivity contribution in [2.45, 2.75) is 51.7 Å². The standard InChI is InChI=1S/C12H20O3/c1-8(2)10-6-4-5-7-11(10)15-12(14)9(3)13/h9-11,13H,1,4-7H2,2-3H3. The fourth-order valence-corrected chi connectivity index (χ4v) is 2.05. The average molecular weight is 212 g/mol. The number of hydrogen-bond acceptors (Lipinski definition) is 3. The van der Waals surface area contributed by atoms with Gasteiger partial charge in [-0.2, -0.15) is 0 Å². The van der Waals surface area contributed by atoms with Crippen LogP contribution in [0, 0.1) is 5.92 Å². The van der Waals surface area contributed by atoms with Crippen LogP contribution in [0.4, 0.5) is 0 Å². The molecule has 0 aromatic rings. The number of rotatable bonds is 3. The van der Waals surface area contributed by atoms with Crippen LogP contribution in [-0.2, 0) is 9.53 Å². The Hall–Kier alpha value is -0.830. The minimum atomic E-state index is -1.03. The van der Waals surface area contributed by atoms with Crippen LogP contribution in [0.15, 0.2) is 12.2 Å². The minimum absolute atomic E-state index is 0.0849. The summed E-state index contributed by atoms with van der Waals surface area (Å²) in [7, 11) is 0. The van der Waals surface area contributed by atoms with Crippen LogP contribution in [-0.4, -0.2) is 23.3 Å². The van der Waals surface area contributed by atoms with Gasteiger partial charge in [0, 0.05) is 5.92 Å². The molecule has 1 fully saturated rings. The second kappa shape index (κ2) is 5.31. The van der Waals surface area contributed by atoms with Gasteiger partial charge in [0.15, 0.2) is 0 Å². The summed E-state index contributed by atoms with van der Waals surface area (Å²) in [4.78, 5) is 11.3. The number of ether oxygens (including phenoxy) is 1. The molecular formula is C12H20O3. The Morgan fingerprint density at radius 3 is 2.60 bits per heavy atom. The smallest absolute Gasteiger partial charge is 0.334 e. The molecule has 3 heteroatoms. The lowest BCUT2D eigenvalue weighted by molar-refractivity contribution is -0.161. The first-order valence-corrected chi connectivity index (χ1v) is 5.56. The molecule has 3 unspecified atom stereocenters. The van der Waals surface area contributed by atoms with E-state index in [2.05, 4.69) is 6.58 Å². The summed E-state index contributed by atoms with van der Waals surface area (Å²) in [5, 5.41) is 9.08. The first-order chi connectivity index (χ1) is 7.02. The third kappa shape index (κ3) is 3.34. The van der Waals surface area contributed by atoms with Crippen molar-refractivity contribution in [3.63, 3.8) is 0 Å². The van der Waals surface area contributed by atoms with Gasteiger partial charge in [-0.05, 0) is 33.1 Å². The van der Waals surface area contributed by atoms with E-state index in [-0.39, 0.29) is 12.0 Å². The molecule has 0 spiro atoms. The van der Waals surface area contributed by atoms with Gasteiger partial charge in [0.05, 0.1) is 0 Å². The predicted molar refractivity (Wildman–Crippen MR) is 58.3 cm³/mol. The zero-order chi connectivity index (χ0) is 11.4. The molecule has 0 saturated heterocycles. The molecule has 0 bridgehead atoms. The molecule has 86 valence electrons. The van der Waals surface area contributed by atoms with E-state index < -0.39 is 12.1 Å². The molecule has 1 N–H and O–H groups in total. The predicted octanol–water partition coefficient (Wildman–Crippen LogP) is 2.05. The fourth-order valence-electron chi connectivity index (χ4n) is 2.05. The van der Waals surface area contributed by atoms with Crippen LogP contribution in [0.2, 0.25) is 0 Å². The van der Waals surface area contributed by atoms with Crippen molar-refractivity contribution >= 4 is 5.97 Å². The number of hydrogen-bond donors (Lipinski definition) is 1. The minimum Gasteiger partial charge on any atom is -0.460 e. The lowest BCUT2D eigenvalue weighted by Crippen LogP contribution is -2.33. The highest BCUT2D eigenvalue weighted by Gasteiger charge is 2.29. The first kappa shape index (κ1) is 12.2. The number of esters is 1. The Morgan fingerprint density at radius 1 is 1.47 bits per heavy atom. The third-order valence-electron chi connectivity index (χ3n) is 2.94. The van der Waals surface area contributed by atoms with Gasteiger partial charge in [-0.1, -0.05) is 18.6 Å². The van der Waals surface area contributed by atoms with E-state index in [1.54, 1.807) is 0 Å². The third-order valence-corrected chi connectivity index (χ3v) is 2.94. The molecule has 0 amide bonds. The molecule has 1 rings (SSSR count). The SMILES string of the molecule is C=C(C)C1CCCCC1OC(=O)C(C)O. The van der Waals surface area contributed by atoms with Crippen molar-refractivity contribution in [3.8, 4) is 0 Å². The molecule has 1 aliphatic rings. The maximum atomic E-state index is 11.3. The number of aliphatic hydroxyl groups excluding tert-OH is 1. The molecule has 0 aromatic carbocycles. The van der Waals surface area contributed by atoms with Crippen LogP contribution in [0.3, 0.4) is 0 Å². The lowest BCUT2D eigenvalue weighted by Gasteiger charge is -2.31. The molecule has 1 saturated carbocycles. The molecular weight excluding hydrogens is 192 g/mol. The Labute approximate surface area is 91.1 Å². The second-order valence-electron chi connectivity index (χ2n) is 4.39. The molecule has 0 radical (unpaired) electrons. The average Bonchev–Trinajstić information content (AvgIpc) is 2.18. The Bertz CT molecular complexity index is 245. The maximum Gasteiger partial charge on any atom is 0.334 e. The van der Waals surface area contributed by atoms with Crippen molar-refractivity contribution < 1.29 is 14.6 Å². The molecule has 1 aliphatic carbocycles. The van der Waals surface area contributed by atoms with Crippen molar-refractivity contribution in [2.24, 2.45) is 5.92 Å². The second-order valence-corrected chi connectivity index (χ2v) is 4.39. The highest BCUT2D eigenvalue weighted by molar-refractivity contribution is 5.74. The highest BCUT2D eigenvalue weighted by atomic mass is 16.6. The van der Waals surface area contributed by atoms with Gasteiger partial charge in [0.1, 0.15) is 12.2 Å². The summed E-state index contributed by atoms with van der Waals surface area (Å²) in [5.41, 5.74) is 1.07. The van der Waals surface area contributed by atoms with Crippen molar-refractivity contribution in [1.82, 2.24) is 0 Å². The Balaban J connectivity index is 2.57. The van der Waals surface area contributed by atoms with Gasteiger partial charge < -0.3 is 9.84 Å². The lowest BCUT2D eigenvalue weighted by atomic mass is 9.82. The van der Waals surface area contributed by atoms with E-state index in [9.17, 15) is 4.79 Å². The van der Waals surface area contributed by atoms with E-state index >= 15 is 0 Å². The van der Waals surface area contributed by atoms with Crippen molar-refractivity contribution in [2.75, 3.05) is 0 Å². The Morgan fingerprint density at radius 2 is 2.07 bits per heavy atom. The van der Waals surface area contributed by atoms with E-state index in [1.807, 2.05) is 6.92 Å². The van der Waals surface area contributed by atoms with Crippen LogP contribution in [0.25, 0.3) is 0 Å². The van der Waals surface area contributed by atoms with E-state index in [1.165, 1.54) is 13.3 Å². The zero-order valence-corrected chi connectivity index (χ0v) is 9.53. The van der Waals surface area contributed by atoms with Gasteiger partial charge in [-0.3, -0.25) is 0 Å². The molecule has 15 heavy (non-hydrogen) atoms. The van der Waals surface area contributed by atoms with Gasteiger partial charge in [-0.15, -0.1) is 0 Å². The molecule has 3 nitrogen and oxygen atoms in total. The van der Waals surface area contributed by atoms with Crippen LogP contribution in [0.5, 0.6) is 0 Å². The summed E-state index contributed by atoms with van der Waals surface area (Å²) in [6.45, 7) is 7.33. The largest absolute Gasteiger partial charge is 0.460 e.